The molecule has 0 fully saturated rings. The number of methoxy groups -OCH3 is 1. The van der Waals surface area contributed by atoms with E-state index in [4.69, 9.17) is 9.15 Å². The van der Waals surface area contributed by atoms with Crippen LogP contribution in [0.15, 0.2) is 52.9 Å². The van der Waals surface area contributed by atoms with E-state index in [0.29, 0.717) is 0 Å². The van der Waals surface area contributed by atoms with E-state index < -0.39 is 0 Å². The molecule has 0 bridgehead atoms. The van der Waals surface area contributed by atoms with Gasteiger partial charge in [0.1, 0.15) is 17.1 Å². The molecule has 3 rings (SSSR count). The lowest BCUT2D eigenvalue weighted by Crippen LogP contribution is -1.93. The van der Waals surface area contributed by atoms with Gasteiger partial charge < -0.3 is 9.15 Å². The number of benzene rings is 2. The number of ether oxygens (including phenoxy) is 1. The molecule has 0 radical (unpaired) electrons. The monoisotopic (exact) mass is 308 g/mol. The maximum Gasteiger partial charge on any atom is 0.134 e. The van der Waals surface area contributed by atoms with Crippen molar-refractivity contribution >= 4 is 11.0 Å². The largest absolute Gasteiger partial charge is 0.497 e. The minimum absolute atomic E-state index is 0.897. The van der Waals surface area contributed by atoms with Gasteiger partial charge in [-0.1, -0.05) is 50.1 Å². The third-order valence-electron chi connectivity index (χ3n) is 4.33. The fourth-order valence-electron chi connectivity index (χ4n) is 3.03. The van der Waals surface area contributed by atoms with Crippen molar-refractivity contribution in [1.29, 1.82) is 0 Å². The quantitative estimate of drug-likeness (QED) is 0.517. The maximum absolute atomic E-state index is 6.14. The van der Waals surface area contributed by atoms with E-state index in [2.05, 4.69) is 37.3 Å². The molecule has 1 heterocycles. The number of furan rings is 1. The highest BCUT2D eigenvalue weighted by Gasteiger charge is 2.14. The van der Waals surface area contributed by atoms with Gasteiger partial charge in [0.2, 0.25) is 0 Å². The first-order chi connectivity index (χ1) is 11.3. The van der Waals surface area contributed by atoms with E-state index in [1.807, 2.05) is 18.2 Å². The zero-order valence-electron chi connectivity index (χ0n) is 14.0. The summed E-state index contributed by atoms with van der Waals surface area (Å²) in [5, 5.41) is 1.25. The predicted octanol–water partition coefficient (Wildman–Crippen LogP) is 5.76. The number of unbranched alkanes of at least 4 members (excludes halogenated alkanes) is 2. The van der Waals surface area contributed by atoms with Crippen LogP contribution in [0.2, 0.25) is 0 Å². The van der Waals surface area contributed by atoms with Crippen LogP contribution in [-0.4, -0.2) is 7.11 Å². The normalized spacial score (nSPS) is 11.0. The molecular weight excluding hydrogens is 284 g/mol. The van der Waals surface area contributed by atoms with Gasteiger partial charge in [-0.3, -0.25) is 0 Å². The van der Waals surface area contributed by atoms with Crippen LogP contribution in [0.3, 0.4) is 0 Å². The number of rotatable bonds is 7. The summed E-state index contributed by atoms with van der Waals surface area (Å²) in [6.07, 6.45) is 5.59. The number of aryl methyl sites for hydroxylation is 1. The topological polar surface area (TPSA) is 22.4 Å². The Hall–Kier alpha value is -2.22. The predicted molar refractivity (Wildman–Crippen MR) is 95.2 cm³/mol. The Bertz CT molecular complexity index is 753. The second kappa shape index (κ2) is 7.36. The first kappa shape index (κ1) is 15.7. The highest BCUT2D eigenvalue weighted by atomic mass is 16.5. The van der Waals surface area contributed by atoms with Crippen molar-refractivity contribution in [1.82, 2.24) is 0 Å². The zero-order chi connectivity index (χ0) is 16.1. The second-order valence-corrected chi connectivity index (χ2v) is 5.98. The third kappa shape index (κ3) is 3.58. The number of hydrogen-bond donors (Lipinski definition) is 0. The standard InChI is InChI=1S/C21H24O2/c1-3-4-5-9-21-19(18-8-6-7-10-20(18)23-21)15-16-11-13-17(22-2)14-12-16/h6-8,10-14H,3-5,9,15H2,1-2H3. The lowest BCUT2D eigenvalue weighted by Gasteiger charge is -2.05. The smallest absolute Gasteiger partial charge is 0.134 e. The molecule has 120 valence electrons. The summed E-state index contributed by atoms with van der Waals surface area (Å²) < 4.78 is 11.4. The Balaban J connectivity index is 1.91. The molecule has 0 saturated carbocycles. The molecule has 2 nitrogen and oxygen atoms in total. The van der Waals surface area contributed by atoms with Crippen LogP contribution in [-0.2, 0) is 12.8 Å². The molecule has 3 aromatic rings. The first-order valence-corrected chi connectivity index (χ1v) is 8.44. The molecule has 0 aliphatic carbocycles. The van der Waals surface area contributed by atoms with Gasteiger partial charge >= 0.3 is 0 Å². The van der Waals surface area contributed by atoms with Crippen LogP contribution in [0.5, 0.6) is 5.75 Å². The van der Waals surface area contributed by atoms with Gasteiger partial charge in [0.25, 0.3) is 0 Å². The molecule has 0 saturated heterocycles. The van der Waals surface area contributed by atoms with Crippen molar-refractivity contribution in [2.45, 2.75) is 39.0 Å². The van der Waals surface area contributed by atoms with E-state index >= 15 is 0 Å². The minimum Gasteiger partial charge on any atom is -0.497 e. The van der Waals surface area contributed by atoms with Gasteiger partial charge in [0.05, 0.1) is 7.11 Å². The molecule has 0 amide bonds. The number of para-hydroxylation sites is 1. The van der Waals surface area contributed by atoms with Crippen LogP contribution in [0.1, 0.15) is 43.1 Å². The average molecular weight is 308 g/mol. The fraction of sp³-hybridized carbons (Fsp3) is 0.333. The molecule has 2 aromatic carbocycles. The van der Waals surface area contributed by atoms with Crippen molar-refractivity contribution in [3.05, 3.63) is 65.4 Å². The van der Waals surface area contributed by atoms with Crippen LogP contribution >= 0.6 is 0 Å². The molecule has 0 unspecified atom stereocenters. The van der Waals surface area contributed by atoms with Crippen LogP contribution < -0.4 is 4.74 Å². The van der Waals surface area contributed by atoms with Crippen molar-refractivity contribution in [3.8, 4) is 5.75 Å². The van der Waals surface area contributed by atoms with Crippen LogP contribution in [0.4, 0.5) is 0 Å². The summed E-state index contributed by atoms with van der Waals surface area (Å²) in [4.78, 5) is 0. The first-order valence-electron chi connectivity index (χ1n) is 8.44. The van der Waals surface area contributed by atoms with E-state index in [1.165, 1.54) is 35.8 Å². The summed E-state index contributed by atoms with van der Waals surface area (Å²) in [6, 6.07) is 16.7. The Labute approximate surface area is 138 Å². The second-order valence-electron chi connectivity index (χ2n) is 5.98. The maximum atomic E-state index is 6.14. The molecule has 0 aliphatic heterocycles. The van der Waals surface area contributed by atoms with E-state index in [1.54, 1.807) is 7.11 Å². The highest BCUT2D eigenvalue weighted by molar-refractivity contribution is 5.82. The number of hydrogen-bond acceptors (Lipinski definition) is 2. The van der Waals surface area contributed by atoms with Crippen LogP contribution in [0, 0.1) is 0 Å². The van der Waals surface area contributed by atoms with Gasteiger partial charge in [-0.2, -0.15) is 0 Å². The van der Waals surface area contributed by atoms with Gasteiger partial charge in [0, 0.05) is 23.8 Å². The minimum atomic E-state index is 0.897. The summed E-state index contributed by atoms with van der Waals surface area (Å²) in [5.41, 5.74) is 3.62. The van der Waals surface area contributed by atoms with Crippen molar-refractivity contribution in [3.63, 3.8) is 0 Å². The fourth-order valence-corrected chi connectivity index (χ4v) is 3.03. The zero-order valence-corrected chi connectivity index (χ0v) is 14.0. The number of fused-ring (bicyclic) bond motifs is 1. The summed E-state index contributed by atoms with van der Waals surface area (Å²) >= 11 is 0. The van der Waals surface area contributed by atoms with Gasteiger partial charge in [0.15, 0.2) is 0 Å². The van der Waals surface area contributed by atoms with Gasteiger partial charge in [-0.05, 0) is 30.2 Å². The lowest BCUT2D eigenvalue weighted by molar-refractivity contribution is 0.414. The third-order valence-corrected chi connectivity index (χ3v) is 4.33. The van der Waals surface area contributed by atoms with E-state index in [9.17, 15) is 0 Å². The SMILES string of the molecule is CCCCCc1oc2ccccc2c1Cc1ccc(OC)cc1. The Morgan fingerprint density at radius 2 is 1.74 bits per heavy atom. The molecule has 2 heteroatoms. The summed E-state index contributed by atoms with van der Waals surface area (Å²) in [5.74, 6) is 2.05. The Morgan fingerprint density at radius 3 is 2.48 bits per heavy atom. The molecule has 1 aromatic heterocycles. The highest BCUT2D eigenvalue weighted by Crippen LogP contribution is 2.29. The lowest BCUT2D eigenvalue weighted by atomic mass is 9.99. The molecular formula is C21H24O2. The van der Waals surface area contributed by atoms with Crippen molar-refractivity contribution < 1.29 is 9.15 Å². The van der Waals surface area contributed by atoms with Crippen LogP contribution in [0.25, 0.3) is 11.0 Å². The van der Waals surface area contributed by atoms with Gasteiger partial charge in [-0.15, -0.1) is 0 Å². The molecule has 0 aliphatic rings. The van der Waals surface area contributed by atoms with Crippen molar-refractivity contribution in [2.24, 2.45) is 0 Å². The van der Waals surface area contributed by atoms with Crippen molar-refractivity contribution in [2.75, 3.05) is 7.11 Å². The molecule has 0 atom stereocenters. The summed E-state index contributed by atoms with van der Waals surface area (Å²) in [6.45, 7) is 2.23. The Morgan fingerprint density at radius 1 is 0.957 bits per heavy atom. The van der Waals surface area contributed by atoms with E-state index in [0.717, 1.165) is 29.9 Å². The molecule has 0 N–H and O–H groups in total. The van der Waals surface area contributed by atoms with Gasteiger partial charge in [-0.25, -0.2) is 0 Å². The average Bonchev–Trinajstić information content (AvgIpc) is 2.94. The van der Waals surface area contributed by atoms with E-state index in [-0.39, 0.29) is 0 Å². The molecule has 0 spiro atoms. The molecule has 23 heavy (non-hydrogen) atoms. The summed E-state index contributed by atoms with van der Waals surface area (Å²) in [7, 11) is 1.70. The Kier molecular flexibility index (Phi) is 5.02.